The first-order valence-electron chi connectivity index (χ1n) is 9.02. The minimum Gasteiger partial charge on any atom is -0.352 e. The predicted octanol–water partition coefficient (Wildman–Crippen LogP) is 2.27. The summed E-state index contributed by atoms with van der Waals surface area (Å²) in [6.45, 7) is 2.51. The number of nitrogens with two attached hydrogens (primary N) is 1. The van der Waals surface area contributed by atoms with Crippen LogP contribution in [0.1, 0.15) is 18.1 Å². The van der Waals surface area contributed by atoms with Crippen LogP contribution in [0.5, 0.6) is 0 Å². The fourth-order valence-electron chi connectivity index (χ4n) is 2.90. The molecule has 3 rings (SSSR count). The van der Waals surface area contributed by atoms with Crippen molar-refractivity contribution in [2.24, 2.45) is 5.73 Å². The Labute approximate surface area is 163 Å². The van der Waals surface area contributed by atoms with Crippen LogP contribution in [-0.2, 0) is 17.9 Å². The van der Waals surface area contributed by atoms with Crippen LogP contribution in [0.3, 0.4) is 0 Å². The van der Waals surface area contributed by atoms with Gasteiger partial charge in [-0.2, -0.15) is 5.10 Å². The molecule has 0 saturated carbocycles. The number of carbonyl (C=O) groups is 2. The molecule has 7 nitrogen and oxygen atoms in total. The highest BCUT2D eigenvalue weighted by Gasteiger charge is 2.16. The van der Waals surface area contributed by atoms with Crippen molar-refractivity contribution in [1.82, 2.24) is 20.4 Å². The molecule has 1 aromatic heterocycles. The van der Waals surface area contributed by atoms with E-state index in [1.54, 1.807) is 6.92 Å². The van der Waals surface area contributed by atoms with Gasteiger partial charge in [-0.05, 0) is 12.5 Å². The van der Waals surface area contributed by atoms with E-state index in [4.69, 9.17) is 10.8 Å². The Bertz CT molecular complexity index is 938. The molecule has 1 atom stereocenters. The van der Waals surface area contributed by atoms with E-state index in [2.05, 4.69) is 10.6 Å². The molecule has 144 valence electrons. The van der Waals surface area contributed by atoms with Gasteiger partial charge in [0.05, 0.1) is 12.2 Å². The summed E-state index contributed by atoms with van der Waals surface area (Å²) in [6, 6.07) is 18.4. The Morgan fingerprint density at radius 3 is 2.36 bits per heavy atom. The summed E-state index contributed by atoms with van der Waals surface area (Å²) < 4.78 is 1.87. The molecule has 0 saturated heterocycles. The lowest BCUT2D eigenvalue weighted by atomic mass is 10.1. The predicted molar refractivity (Wildman–Crippen MR) is 107 cm³/mol. The maximum absolute atomic E-state index is 12.2. The lowest BCUT2D eigenvalue weighted by molar-refractivity contribution is -0.122. The first-order valence-corrected chi connectivity index (χ1v) is 9.02. The third-order valence-corrected chi connectivity index (χ3v) is 4.28. The zero-order chi connectivity index (χ0) is 19.9. The first-order chi connectivity index (χ1) is 13.5. The topological polar surface area (TPSA) is 102 Å². The number of nitrogens with one attached hydrogen (secondary N) is 2. The van der Waals surface area contributed by atoms with Crippen molar-refractivity contribution >= 4 is 11.9 Å². The second kappa shape index (κ2) is 8.85. The average molecular weight is 377 g/mol. The van der Waals surface area contributed by atoms with Crippen molar-refractivity contribution in [1.29, 1.82) is 0 Å². The van der Waals surface area contributed by atoms with Gasteiger partial charge in [-0.3, -0.25) is 9.48 Å². The van der Waals surface area contributed by atoms with Gasteiger partial charge in [0, 0.05) is 23.9 Å². The lowest BCUT2D eigenvalue weighted by Gasteiger charge is -2.12. The monoisotopic (exact) mass is 377 g/mol. The number of hydrogen-bond acceptors (Lipinski definition) is 3. The van der Waals surface area contributed by atoms with Crippen LogP contribution in [0.4, 0.5) is 4.79 Å². The van der Waals surface area contributed by atoms with Crippen molar-refractivity contribution in [2.45, 2.75) is 26.1 Å². The van der Waals surface area contributed by atoms with Crippen molar-refractivity contribution in [2.75, 3.05) is 0 Å². The van der Waals surface area contributed by atoms with Gasteiger partial charge in [0.25, 0.3) is 0 Å². The van der Waals surface area contributed by atoms with Gasteiger partial charge in [0.1, 0.15) is 6.04 Å². The van der Waals surface area contributed by atoms with E-state index in [1.165, 1.54) is 0 Å². The molecule has 0 aliphatic carbocycles. The van der Waals surface area contributed by atoms with Crippen LogP contribution < -0.4 is 16.4 Å². The summed E-state index contributed by atoms with van der Waals surface area (Å²) in [6.07, 6.45) is 1.93. The molecule has 1 heterocycles. The van der Waals surface area contributed by atoms with Gasteiger partial charge in [-0.1, -0.05) is 60.7 Å². The summed E-state index contributed by atoms with van der Waals surface area (Å²) in [4.78, 5) is 23.1. The molecule has 28 heavy (non-hydrogen) atoms. The number of primary amides is 1. The van der Waals surface area contributed by atoms with Crippen LogP contribution in [0.15, 0.2) is 66.9 Å². The zero-order valence-corrected chi connectivity index (χ0v) is 15.6. The van der Waals surface area contributed by atoms with Gasteiger partial charge >= 0.3 is 6.03 Å². The second-order valence-corrected chi connectivity index (χ2v) is 6.50. The maximum Gasteiger partial charge on any atom is 0.312 e. The SMILES string of the molecule is C[C@@H](NC(N)=O)C(=O)NCc1cn(Cc2ccccc2)nc1-c1ccccc1. The summed E-state index contributed by atoms with van der Waals surface area (Å²) >= 11 is 0. The number of aromatic nitrogens is 2. The first kappa shape index (κ1) is 19.2. The minimum absolute atomic E-state index is 0.294. The number of hydrogen-bond donors (Lipinski definition) is 3. The highest BCUT2D eigenvalue weighted by Crippen LogP contribution is 2.22. The van der Waals surface area contributed by atoms with Gasteiger partial charge in [-0.25, -0.2) is 4.79 Å². The molecule has 0 aliphatic heterocycles. The normalized spacial score (nSPS) is 11.6. The average Bonchev–Trinajstić information content (AvgIpc) is 3.09. The molecule has 0 bridgehead atoms. The van der Waals surface area contributed by atoms with E-state index in [1.807, 2.05) is 71.5 Å². The molecule has 4 N–H and O–H groups in total. The Morgan fingerprint density at radius 2 is 1.71 bits per heavy atom. The van der Waals surface area contributed by atoms with Crippen molar-refractivity contribution in [3.8, 4) is 11.3 Å². The number of rotatable bonds is 7. The number of amides is 3. The molecule has 0 unspecified atom stereocenters. The molecule has 0 aliphatic rings. The van der Waals surface area contributed by atoms with Crippen LogP contribution >= 0.6 is 0 Å². The largest absolute Gasteiger partial charge is 0.352 e. The third kappa shape index (κ3) is 4.97. The Hall–Kier alpha value is -3.61. The second-order valence-electron chi connectivity index (χ2n) is 6.50. The highest BCUT2D eigenvalue weighted by molar-refractivity contribution is 5.86. The maximum atomic E-state index is 12.2. The molecule has 3 aromatic rings. The Kier molecular flexibility index (Phi) is 6.06. The van der Waals surface area contributed by atoms with Gasteiger partial charge < -0.3 is 16.4 Å². The van der Waals surface area contributed by atoms with E-state index in [0.717, 1.165) is 22.4 Å². The van der Waals surface area contributed by atoms with Gasteiger partial charge in [-0.15, -0.1) is 0 Å². The van der Waals surface area contributed by atoms with Crippen molar-refractivity contribution < 1.29 is 9.59 Å². The van der Waals surface area contributed by atoms with E-state index < -0.39 is 12.1 Å². The third-order valence-electron chi connectivity index (χ3n) is 4.28. The fraction of sp³-hybridized carbons (Fsp3) is 0.190. The number of carbonyl (C=O) groups excluding carboxylic acids is 2. The quantitative estimate of drug-likeness (QED) is 0.588. The summed E-state index contributed by atoms with van der Waals surface area (Å²) in [5.74, 6) is -0.311. The molecule has 0 fully saturated rings. The standard InChI is InChI=1S/C21H23N5O2/c1-15(24-21(22)28)20(27)23-12-18-14-26(13-16-8-4-2-5-9-16)25-19(18)17-10-6-3-7-11-17/h2-11,14-15H,12-13H2,1H3,(H,23,27)(H3,22,24,28)/t15-/m1/s1. The van der Waals surface area contributed by atoms with E-state index in [-0.39, 0.29) is 5.91 Å². The van der Waals surface area contributed by atoms with E-state index in [0.29, 0.717) is 13.1 Å². The molecule has 0 spiro atoms. The van der Waals surface area contributed by atoms with Gasteiger partial charge in [0.15, 0.2) is 0 Å². The number of urea groups is 1. The summed E-state index contributed by atoms with van der Waals surface area (Å²) in [7, 11) is 0. The van der Waals surface area contributed by atoms with E-state index >= 15 is 0 Å². The van der Waals surface area contributed by atoms with Crippen LogP contribution in [0.25, 0.3) is 11.3 Å². The highest BCUT2D eigenvalue weighted by atomic mass is 16.2. The van der Waals surface area contributed by atoms with Crippen molar-refractivity contribution in [3.05, 3.63) is 78.0 Å². The number of nitrogens with zero attached hydrogens (tertiary/aromatic N) is 2. The molecular formula is C21H23N5O2. The van der Waals surface area contributed by atoms with Crippen LogP contribution in [0.2, 0.25) is 0 Å². The van der Waals surface area contributed by atoms with E-state index in [9.17, 15) is 9.59 Å². The molecule has 7 heteroatoms. The lowest BCUT2D eigenvalue weighted by Crippen LogP contribution is -2.46. The fourth-order valence-corrected chi connectivity index (χ4v) is 2.90. The van der Waals surface area contributed by atoms with Gasteiger partial charge in [0.2, 0.25) is 5.91 Å². The molecule has 2 aromatic carbocycles. The number of benzene rings is 2. The van der Waals surface area contributed by atoms with Crippen LogP contribution in [0, 0.1) is 0 Å². The Balaban J connectivity index is 1.80. The van der Waals surface area contributed by atoms with Crippen LogP contribution in [-0.4, -0.2) is 27.8 Å². The van der Waals surface area contributed by atoms with Crippen molar-refractivity contribution in [3.63, 3.8) is 0 Å². The summed E-state index contributed by atoms with van der Waals surface area (Å²) in [5, 5.41) is 9.92. The molecular weight excluding hydrogens is 354 g/mol. The Morgan fingerprint density at radius 1 is 1.07 bits per heavy atom. The minimum atomic E-state index is -0.733. The molecule has 0 radical (unpaired) electrons. The molecule has 3 amide bonds. The smallest absolute Gasteiger partial charge is 0.312 e. The summed E-state index contributed by atoms with van der Waals surface area (Å²) in [5.41, 5.74) is 8.89. The zero-order valence-electron chi connectivity index (χ0n) is 15.6.